The summed E-state index contributed by atoms with van der Waals surface area (Å²) in [7, 11) is 0. The van der Waals surface area contributed by atoms with Crippen molar-refractivity contribution in [3.05, 3.63) is 54.7 Å². The summed E-state index contributed by atoms with van der Waals surface area (Å²) in [5.41, 5.74) is 0.818. The molecule has 0 aliphatic rings. The van der Waals surface area contributed by atoms with Crippen LogP contribution in [0.4, 0.5) is 11.4 Å². The lowest BCUT2D eigenvalue weighted by molar-refractivity contribution is -0.384. The zero-order chi connectivity index (χ0) is 13.1. The number of aryl methyl sites for hydroxylation is 1. The fraction of sp³-hybridized carbons (Fsp3) is 0.167. The van der Waals surface area contributed by atoms with E-state index in [1.54, 1.807) is 17.4 Å². The Kier molecular flexibility index (Phi) is 3.98. The van der Waals surface area contributed by atoms with E-state index in [0.29, 0.717) is 6.54 Å². The Labute approximate surface area is 117 Å². The number of hydrogen-bond donors (Lipinski definition) is 1. The third kappa shape index (κ3) is 3.08. The van der Waals surface area contributed by atoms with Crippen LogP contribution in [0, 0.1) is 17.0 Å². The van der Waals surface area contributed by atoms with Gasteiger partial charge in [0.25, 0.3) is 5.69 Å². The Balaban J connectivity index is 2.13. The minimum Gasteiger partial charge on any atom is -0.379 e. The van der Waals surface area contributed by atoms with Gasteiger partial charge in [0.15, 0.2) is 0 Å². The maximum absolute atomic E-state index is 10.7. The molecule has 0 saturated carbocycles. The molecule has 0 atom stereocenters. The highest BCUT2D eigenvalue weighted by Gasteiger charge is 2.09. The quantitative estimate of drug-likeness (QED) is 0.671. The van der Waals surface area contributed by atoms with Gasteiger partial charge in [-0.15, -0.1) is 11.3 Å². The highest BCUT2D eigenvalue weighted by molar-refractivity contribution is 9.10. The molecule has 94 valence electrons. The molecular weight excluding hydrogens is 316 g/mol. The largest absolute Gasteiger partial charge is 0.379 e. The summed E-state index contributed by atoms with van der Waals surface area (Å²) in [6.07, 6.45) is 0. The molecule has 1 N–H and O–H groups in total. The summed E-state index contributed by atoms with van der Waals surface area (Å²) in [6, 6.07) is 8.80. The van der Waals surface area contributed by atoms with E-state index in [9.17, 15) is 10.1 Å². The third-order valence-electron chi connectivity index (χ3n) is 2.41. The fourth-order valence-electron chi connectivity index (χ4n) is 1.52. The van der Waals surface area contributed by atoms with Crippen LogP contribution in [0.25, 0.3) is 0 Å². The average molecular weight is 327 g/mol. The Hall–Kier alpha value is -1.40. The van der Waals surface area contributed by atoms with Gasteiger partial charge in [-0.2, -0.15) is 0 Å². The van der Waals surface area contributed by atoms with Gasteiger partial charge < -0.3 is 5.32 Å². The summed E-state index contributed by atoms with van der Waals surface area (Å²) >= 11 is 5.09. The van der Waals surface area contributed by atoms with Crippen molar-refractivity contribution < 1.29 is 4.92 Å². The third-order valence-corrected chi connectivity index (χ3v) is 4.10. The standard InChI is InChI=1S/C12H11BrN2O2S/c1-8-2-4-10(18-8)7-14-12-6-9(15(16)17)3-5-11(12)13/h2-6,14H,7H2,1H3. The number of thiophene rings is 1. The minimum atomic E-state index is -0.396. The number of benzene rings is 1. The first-order valence-corrected chi connectivity index (χ1v) is 6.90. The van der Waals surface area contributed by atoms with Crippen molar-refractivity contribution in [2.24, 2.45) is 0 Å². The lowest BCUT2D eigenvalue weighted by Gasteiger charge is -2.07. The van der Waals surface area contributed by atoms with Crippen LogP contribution < -0.4 is 5.32 Å². The van der Waals surface area contributed by atoms with Gasteiger partial charge in [0.2, 0.25) is 0 Å². The lowest BCUT2D eigenvalue weighted by Crippen LogP contribution is -1.99. The van der Waals surface area contributed by atoms with Gasteiger partial charge in [0, 0.05) is 32.9 Å². The summed E-state index contributed by atoms with van der Waals surface area (Å²) in [5, 5.41) is 13.9. The van der Waals surface area contributed by atoms with Gasteiger partial charge >= 0.3 is 0 Å². The number of nitrogens with zero attached hydrogens (tertiary/aromatic N) is 1. The van der Waals surface area contributed by atoms with Gasteiger partial charge in [-0.25, -0.2) is 0 Å². The van der Waals surface area contributed by atoms with E-state index in [-0.39, 0.29) is 5.69 Å². The molecule has 1 heterocycles. The van der Waals surface area contributed by atoms with E-state index >= 15 is 0 Å². The van der Waals surface area contributed by atoms with Crippen LogP contribution in [0.15, 0.2) is 34.8 Å². The molecule has 18 heavy (non-hydrogen) atoms. The van der Waals surface area contributed by atoms with Crippen LogP contribution in [0.5, 0.6) is 0 Å². The number of halogens is 1. The van der Waals surface area contributed by atoms with Crippen LogP contribution >= 0.6 is 27.3 Å². The second kappa shape index (κ2) is 5.49. The van der Waals surface area contributed by atoms with Gasteiger partial charge in [0.1, 0.15) is 0 Å². The van der Waals surface area contributed by atoms with Crippen molar-refractivity contribution in [1.82, 2.24) is 0 Å². The molecule has 0 unspecified atom stereocenters. The fourth-order valence-corrected chi connectivity index (χ4v) is 2.74. The SMILES string of the molecule is Cc1ccc(CNc2cc([N+](=O)[O-])ccc2Br)s1. The van der Waals surface area contributed by atoms with Crippen molar-refractivity contribution in [1.29, 1.82) is 0 Å². The summed E-state index contributed by atoms with van der Waals surface area (Å²) < 4.78 is 0.821. The van der Waals surface area contributed by atoms with Crippen molar-refractivity contribution in [2.75, 3.05) is 5.32 Å². The molecular formula is C12H11BrN2O2S. The molecule has 0 saturated heterocycles. The molecule has 0 bridgehead atoms. The molecule has 0 fully saturated rings. The predicted octanol–water partition coefficient (Wildman–Crippen LogP) is 4.34. The molecule has 0 aliphatic heterocycles. The maximum atomic E-state index is 10.7. The molecule has 2 aromatic rings. The Morgan fingerprint density at radius 1 is 1.39 bits per heavy atom. The Bertz CT molecular complexity index is 583. The first-order valence-electron chi connectivity index (χ1n) is 5.29. The second-order valence-corrected chi connectivity index (χ2v) is 6.01. The van der Waals surface area contributed by atoms with Gasteiger partial charge in [-0.05, 0) is 41.1 Å². The summed E-state index contributed by atoms with van der Waals surface area (Å²) in [6.45, 7) is 2.72. The van der Waals surface area contributed by atoms with Gasteiger partial charge in [-0.1, -0.05) is 0 Å². The van der Waals surface area contributed by atoms with Gasteiger partial charge in [-0.3, -0.25) is 10.1 Å². The molecule has 0 spiro atoms. The van der Waals surface area contributed by atoms with Crippen LogP contribution in [-0.4, -0.2) is 4.92 Å². The zero-order valence-electron chi connectivity index (χ0n) is 9.64. The van der Waals surface area contributed by atoms with E-state index in [1.807, 2.05) is 0 Å². The molecule has 1 aromatic heterocycles. The zero-order valence-corrected chi connectivity index (χ0v) is 12.0. The first kappa shape index (κ1) is 13.0. The van der Waals surface area contributed by atoms with Crippen LogP contribution in [0.1, 0.15) is 9.75 Å². The highest BCUT2D eigenvalue weighted by atomic mass is 79.9. The molecule has 0 radical (unpaired) electrons. The minimum absolute atomic E-state index is 0.0862. The smallest absolute Gasteiger partial charge is 0.271 e. The average Bonchev–Trinajstić information content (AvgIpc) is 2.74. The van der Waals surface area contributed by atoms with Crippen molar-refractivity contribution >= 4 is 38.6 Å². The summed E-state index contributed by atoms with van der Waals surface area (Å²) in [4.78, 5) is 12.8. The molecule has 4 nitrogen and oxygen atoms in total. The number of nitrogens with one attached hydrogen (secondary N) is 1. The van der Waals surface area contributed by atoms with Crippen LogP contribution in [0.2, 0.25) is 0 Å². The van der Waals surface area contributed by atoms with E-state index in [1.165, 1.54) is 21.9 Å². The maximum Gasteiger partial charge on any atom is 0.271 e. The molecule has 0 aliphatic carbocycles. The monoisotopic (exact) mass is 326 g/mol. The number of nitro benzene ring substituents is 1. The molecule has 2 rings (SSSR count). The summed E-state index contributed by atoms with van der Waals surface area (Å²) in [5.74, 6) is 0. The first-order chi connectivity index (χ1) is 8.56. The lowest BCUT2D eigenvalue weighted by atomic mass is 10.3. The van der Waals surface area contributed by atoms with Crippen molar-refractivity contribution in [3.63, 3.8) is 0 Å². The number of rotatable bonds is 4. The number of nitro groups is 1. The Morgan fingerprint density at radius 3 is 2.78 bits per heavy atom. The van der Waals surface area contributed by atoms with Crippen LogP contribution in [-0.2, 0) is 6.54 Å². The Morgan fingerprint density at radius 2 is 2.17 bits per heavy atom. The normalized spacial score (nSPS) is 10.3. The number of non-ortho nitro benzene ring substituents is 1. The van der Waals surface area contributed by atoms with Crippen molar-refractivity contribution in [3.8, 4) is 0 Å². The molecule has 6 heteroatoms. The van der Waals surface area contributed by atoms with Gasteiger partial charge in [0.05, 0.1) is 10.6 Å². The topological polar surface area (TPSA) is 55.2 Å². The number of anilines is 1. The van der Waals surface area contributed by atoms with E-state index in [2.05, 4.69) is 40.3 Å². The van der Waals surface area contributed by atoms with Crippen molar-refractivity contribution in [2.45, 2.75) is 13.5 Å². The molecule has 1 aromatic carbocycles. The second-order valence-electron chi connectivity index (χ2n) is 3.79. The van der Waals surface area contributed by atoms with E-state index < -0.39 is 4.92 Å². The highest BCUT2D eigenvalue weighted by Crippen LogP contribution is 2.28. The van der Waals surface area contributed by atoms with E-state index in [4.69, 9.17) is 0 Å². The number of hydrogen-bond acceptors (Lipinski definition) is 4. The van der Waals surface area contributed by atoms with E-state index in [0.717, 1.165) is 10.2 Å². The molecule has 0 amide bonds. The predicted molar refractivity (Wildman–Crippen MR) is 77.2 cm³/mol. The van der Waals surface area contributed by atoms with Crippen LogP contribution in [0.3, 0.4) is 0 Å².